The molecule has 2 fully saturated rings. The third-order valence-corrected chi connectivity index (χ3v) is 13.9. The highest BCUT2D eigenvalue weighted by molar-refractivity contribution is 9.00. The fraction of sp³-hybridized carbons (Fsp3) is 0.692. The number of hydrogen-bond donors (Lipinski definition) is 1. The SMILES string of the molecule is Cc1cn([C@@H]2O[C@H](COP3(=S)SCCS3)[C@@H](C)[C@H]2F)c(=O)[nH]c1=O. The van der Waals surface area contributed by atoms with E-state index in [1.54, 1.807) is 36.6 Å². The van der Waals surface area contributed by atoms with Crippen LogP contribution in [0.15, 0.2) is 15.8 Å². The number of hydrogen-bond acceptors (Lipinski definition) is 7. The van der Waals surface area contributed by atoms with Crippen molar-refractivity contribution in [2.75, 3.05) is 18.1 Å². The van der Waals surface area contributed by atoms with Crippen LogP contribution in [-0.4, -0.2) is 39.9 Å². The summed E-state index contributed by atoms with van der Waals surface area (Å²) >= 11 is 8.83. The van der Waals surface area contributed by atoms with E-state index in [0.717, 1.165) is 16.1 Å². The molecule has 0 radical (unpaired) electrons. The molecule has 0 aliphatic carbocycles. The lowest BCUT2D eigenvalue weighted by Gasteiger charge is -2.20. The molecule has 0 spiro atoms. The lowest BCUT2D eigenvalue weighted by Crippen LogP contribution is -2.36. The van der Waals surface area contributed by atoms with Gasteiger partial charge in [0.05, 0.1) is 12.7 Å². The van der Waals surface area contributed by atoms with Crippen LogP contribution in [0.2, 0.25) is 0 Å². The first-order valence-electron chi connectivity index (χ1n) is 7.46. The molecule has 2 saturated heterocycles. The highest BCUT2D eigenvalue weighted by Crippen LogP contribution is 2.74. The van der Waals surface area contributed by atoms with Crippen LogP contribution in [0.3, 0.4) is 0 Å². The van der Waals surface area contributed by atoms with Crippen molar-refractivity contribution in [1.29, 1.82) is 0 Å². The molecular weight excluding hydrogens is 394 g/mol. The zero-order valence-electron chi connectivity index (χ0n) is 13.1. The van der Waals surface area contributed by atoms with E-state index < -0.39 is 40.3 Å². The van der Waals surface area contributed by atoms with Gasteiger partial charge in [-0.3, -0.25) is 14.3 Å². The molecule has 11 heteroatoms. The van der Waals surface area contributed by atoms with E-state index >= 15 is 0 Å². The van der Waals surface area contributed by atoms with Crippen LogP contribution in [0.25, 0.3) is 0 Å². The molecule has 134 valence electrons. The van der Waals surface area contributed by atoms with E-state index in [4.69, 9.17) is 21.1 Å². The minimum Gasteiger partial charge on any atom is -0.349 e. The number of aromatic nitrogens is 2. The third-order valence-electron chi connectivity index (χ3n) is 4.07. The largest absolute Gasteiger partial charge is 0.349 e. The van der Waals surface area contributed by atoms with Crippen LogP contribution in [0.1, 0.15) is 18.7 Å². The number of aromatic amines is 1. The molecule has 1 aromatic heterocycles. The van der Waals surface area contributed by atoms with Crippen LogP contribution in [0, 0.1) is 12.8 Å². The van der Waals surface area contributed by atoms with Crippen molar-refractivity contribution >= 4 is 39.2 Å². The minimum atomic E-state index is -1.94. The Morgan fingerprint density at radius 3 is 2.83 bits per heavy atom. The molecule has 2 aliphatic rings. The molecule has 0 saturated carbocycles. The van der Waals surface area contributed by atoms with Gasteiger partial charge in [0, 0.05) is 29.2 Å². The van der Waals surface area contributed by atoms with Gasteiger partial charge in [-0.2, -0.15) is 0 Å². The number of halogens is 1. The maximum absolute atomic E-state index is 14.7. The van der Waals surface area contributed by atoms with Gasteiger partial charge in [-0.25, -0.2) is 9.18 Å². The zero-order chi connectivity index (χ0) is 17.5. The predicted molar refractivity (Wildman–Crippen MR) is 99.2 cm³/mol. The predicted octanol–water partition coefficient (Wildman–Crippen LogP) is 2.44. The molecule has 0 amide bonds. The normalized spacial score (nSPS) is 32.3. The molecule has 0 aromatic carbocycles. The Hall–Kier alpha value is -0.120. The van der Waals surface area contributed by atoms with Gasteiger partial charge in [-0.15, -0.1) is 0 Å². The average molecular weight is 412 g/mol. The number of H-pyrrole nitrogens is 1. The second-order valence-corrected chi connectivity index (χ2v) is 16.5. The summed E-state index contributed by atoms with van der Waals surface area (Å²) in [6.45, 7) is 3.50. The molecule has 0 unspecified atom stereocenters. The Balaban J connectivity index is 1.75. The van der Waals surface area contributed by atoms with Gasteiger partial charge in [0.2, 0.25) is 0 Å². The average Bonchev–Trinajstić information content (AvgIpc) is 3.08. The smallest absolute Gasteiger partial charge is 0.330 e. The molecule has 1 N–H and O–H groups in total. The Bertz CT molecular complexity index is 775. The molecule has 24 heavy (non-hydrogen) atoms. The van der Waals surface area contributed by atoms with E-state index in [1.165, 1.54) is 6.20 Å². The minimum absolute atomic E-state index is 0.215. The van der Waals surface area contributed by atoms with Crippen LogP contribution < -0.4 is 11.2 Å². The van der Waals surface area contributed by atoms with Crippen molar-refractivity contribution in [3.63, 3.8) is 0 Å². The third kappa shape index (κ3) is 3.68. The molecule has 6 nitrogen and oxygen atoms in total. The number of ether oxygens (including phenoxy) is 1. The maximum Gasteiger partial charge on any atom is 0.330 e. The van der Waals surface area contributed by atoms with Gasteiger partial charge in [-0.1, -0.05) is 29.7 Å². The van der Waals surface area contributed by atoms with Crippen molar-refractivity contribution in [3.8, 4) is 0 Å². The second kappa shape index (κ2) is 7.25. The summed E-state index contributed by atoms with van der Waals surface area (Å²) in [6, 6.07) is 0. The molecule has 4 atom stereocenters. The lowest BCUT2D eigenvalue weighted by atomic mass is 10.0. The van der Waals surface area contributed by atoms with E-state index in [0.29, 0.717) is 5.56 Å². The summed E-state index contributed by atoms with van der Waals surface area (Å²) in [5, 5.41) is 0. The number of nitrogens with zero attached hydrogens (tertiary/aromatic N) is 1. The number of nitrogens with one attached hydrogen (secondary N) is 1. The monoisotopic (exact) mass is 412 g/mol. The standard InChI is InChI=1S/C13H18FN2O4PS3/c1-7-5-16(13(18)15-11(7)17)12-10(14)8(2)9(20-12)6-19-21(22)23-3-4-24-21/h5,8-10,12H,3-4,6H2,1-2H3,(H,15,17,18)/t8-,9-,10-,12-/m1/s1. The van der Waals surface area contributed by atoms with Crippen LogP contribution in [-0.2, 0) is 21.1 Å². The van der Waals surface area contributed by atoms with E-state index in [2.05, 4.69) is 4.98 Å². The van der Waals surface area contributed by atoms with Gasteiger partial charge in [-0.05, 0) is 18.7 Å². The van der Waals surface area contributed by atoms with Gasteiger partial charge in [0.1, 0.15) is 0 Å². The summed E-state index contributed by atoms with van der Waals surface area (Å²) in [7, 11) is 0. The highest BCUT2D eigenvalue weighted by Gasteiger charge is 2.44. The molecule has 1 aromatic rings. The zero-order valence-corrected chi connectivity index (χ0v) is 16.5. The van der Waals surface area contributed by atoms with E-state index in [1.807, 2.05) is 0 Å². The Kier molecular flexibility index (Phi) is 5.64. The summed E-state index contributed by atoms with van der Waals surface area (Å²) in [4.78, 5) is 25.6. The molecule has 3 heterocycles. The van der Waals surface area contributed by atoms with Crippen LogP contribution >= 0.6 is 27.4 Å². The fourth-order valence-corrected chi connectivity index (χ4v) is 11.5. The van der Waals surface area contributed by atoms with E-state index in [9.17, 15) is 14.0 Å². The Morgan fingerprint density at radius 2 is 2.17 bits per heavy atom. The van der Waals surface area contributed by atoms with Crippen molar-refractivity contribution < 1.29 is 13.7 Å². The summed E-state index contributed by atoms with van der Waals surface area (Å²) < 4.78 is 25.4. The van der Waals surface area contributed by atoms with Crippen molar-refractivity contribution in [2.45, 2.75) is 32.4 Å². The molecular formula is C13H18FN2O4PS3. The highest BCUT2D eigenvalue weighted by atomic mass is 33.2. The van der Waals surface area contributed by atoms with Crippen molar-refractivity contribution in [2.24, 2.45) is 5.92 Å². The first-order valence-corrected chi connectivity index (χ1v) is 13.4. The molecule has 2 aliphatic heterocycles. The van der Waals surface area contributed by atoms with Crippen molar-refractivity contribution in [3.05, 3.63) is 32.6 Å². The summed E-state index contributed by atoms with van der Waals surface area (Å²) in [5.41, 5.74) is -0.834. The topological polar surface area (TPSA) is 73.3 Å². The summed E-state index contributed by atoms with van der Waals surface area (Å²) in [5.74, 6) is 1.51. The lowest BCUT2D eigenvalue weighted by molar-refractivity contribution is -0.0362. The molecule has 3 rings (SSSR count). The van der Waals surface area contributed by atoms with Crippen LogP contribution in [0.4, 0.5) is 4.39 Å². The molecule has 0 bridgehead atoms. The number of aryl methyl sites for hydroxylation is 1. The van der Waals surface area contributed by atoms with Gasteiger partial charge >= 0.3 is 5.69 Å². The van der Waals surface area contributed by atoms with Crippen molar-refractivity contribution in [1.82, 2.24) is 9.55 Å². The fourth-order valence-electron chi connectivity index (χ4n) is 2.60. The Morgan fingerprint density at radius 1 is 1.50 bits per heavy atom. The number of rotatable bonds is 4. The second-order valence-electron chi connectivity index (χ2n) is 5.76. The van der Waals surface area contributed by atoms with Gasteiger partial charge in [0.15, 0.2) is 17.1 Å². The number of alkyl halides is 1. The van der Waals surface area contributed by atoms with Gasteiger partial charge < -0.3 is 9.26 Å². The van der Waals surface area contributed by atoms with Gasteiger partial charge in [0.25, 0.3) is 5.56 Å². The first kappa shape index (κ1) is 18.7. The quantitative estimate of drug-likeness (QED) is 0.762. The Labute approximate surface area is 151 Å². The first-order chi connectivity index (χ1) is 11.3. The van der Waals surface area contributed by atoms with Crippen LogP contribution in [0.5, 0.6) is 0 Å². The van der Waals surface area contributed by atoms with E-state index in [-0.39, 0.29) is 6.61 Å². The summed E-state index contributed by atoms with van der Waals surface area (Å²) in [6.07, 6.45) is -1.59. The maximum atomic E-state index is 14.7.